The van der Waals surface area contributed by atoms with Crippen LogP contribution in [0.3, 0.4) is 0 Å². The number of amides is 1. The van der Waals surface area contributed by atoms with Crippen LogP contribution in [-0.2, 0) is 14.3 Å². The van der Waals surface area contributed by atoms with Gasteiger partial charge in [0.25, 0.3) is 0 Å². The van der Waals surface area contributed by atoms with Gasteiger partial charge in [-0.15, -0.1) is 0 Å². The molecule has 0 aliphatic carbocycles. The van der Waals surface area contributed by atoms with Gasteiger partial charge < -0.3 is 20.1 Å². The maximum atomic E-state index is 11.6. The first-order valence-corrected chi connectivity index (χ1v) is 6.70. The number of ether oxygens (including phenoxy) is 2. The van der Waals surface area contributed by atoms with Gasteiger partial charge in [-0.25, -0.2) is 4.79 Å². The molecule has 1 aromatic carbocycles. The summed E-state index contributed by atoms with van der Waals surface area (Å²) in [5.74, 6) is 0.0422. The lowest BCUT2D eigenvalue weighted by Gasteiger charge is -2.20. The molecule has 116 valence electrons. The fourth-order valence-corrected chi connectivity index (χ4v) is 1.89. The zero-order chi connectivity index (χ0) is 15.8. The summed E-state index contributed by atoms with van der Waals surface area (Å²) in [6, 6.07) is 6.97. The van der Waals surface area contributed by atoms with Gasteiger partial charge in [0.15, 0.2) is 0 Å². The molecule has 1 amide bonds. The Hall–Kier alpha value is -2.08. The van der Waals surface area contributed by atoms with Crippen LogP contribution < -0.4 is 15.4 Å². The second-order valence-electron chi connectivity index (χ2n) is 4.68. The van der Waals surface area contributed by atoms with Crippen LogP contribution in [0.4, 0.5) is 0 Å². The van der Waals surface area contributed by atoms with Crippen molar-refractivity contribution < 1.29 is 19.1 Å². The van der Waals surface area contributed by atoms with Gasteiger partial charge in [0, 0.05) is 19.5 Å². The van der Waals surface area contributed by atoms with Crippen LogP contribution in [0, 0.1) is 0 Å². The number of carbonyl (C=O) groups excluding carboxylic acids is 2. The van der Waals surface area contributed by atoms with E-state index >= 15 is 0 Å². The average Bonchev–Trinajstić information content (AvgIpc) is 2.50. The van der Waals surface area contributed by atoms with Crippen molar-refractivity contribution in [2.24, 2.45) is 0 Å². The Morgan fingerprint density at radius 1 is 1.19 bits per heavy atom. The van der Waals surface area contributed by atoms with Crippen LogP contribution >= 0.6 is 0 Å². The highest BCUT2D eigenvalue weighted by Gasteiger charge is 2.20. The summed E-state index contributed by atoms with van der Waals surface area (Å²) in [6.07, 6.45) is 0. The highest BCUT2D eigenvalue weighted by molar-refractivity contribution is 5.83. The molecule has 21 heavy (non-hydrogen) atoms. The Bertz CT molecular complexity index is 473. The monoisotopic (exact) mass is 294 g/mol. The summed E-state index contributed by atoms with van der Waals surface area (Å²) in [7, 11) is 2.91. The van der Waals surface area contributed by atoms with Crippen molar-refractivity contribution in [1.82, 2.24) is 10.6 Å². The first kappa shape index (κ1) is 17.0. The number of methoxy groups -OCH3 is 2. The molecule has 1 aromatic rings. The Morgan fingerprint density at radius 2 is 1.81 bits per heavy atom. The molecule has 6 nitrogen and oxygen atoms in total. The summed E-state index contributed by atoms with van der Waals surface area (Å²) in [4.78, 5) is 22.7. The van der Waals surface area contributed by atoms with Gasteiger partial charge in [-0.05, 0) is 24.6 Å². The molecule has 0 spiro atoms. The van der Waals surface area contributed by atoms with Gasteiger partial charge in [-0.1, -0.05) is 12.1 Å². The van der Waals surface area contributed by atoms with E-state index in [0.29, 0.717) is 6.54 Å². The van der Waals surface area contributed by atoms with Crippen LogP contribution in [0.5, 0.6) is 5.75 Å². The van der Waals surface area contributed by atoms with Crippen molar-refractivity contribution in [2.75, 3.05) is 20.8 Å². The minimum Gasteiger partial charge on any atom is -0.497 e. The number of hydrogen-bond acceptors (Lipinski definition) is 5. The van der Waals surface area contributed by atoms with E-state index in [1.54, 1.807) is 7.11 Å². The van der Waals surface area contributed by atoms with Crippen molar-refractivity contribution >= 4 is 11.9 Å². The Morgan fingerprint density at radius 3 is 2.29 bits per heavy atom. The number of nitrogens with one attached hydrogen (secondary N) is 2. The van der Waals surface area contributed by atoms with Crippen molar-refractivity contribution in [3.05, 3.63) is 29.8 Å². The van der Waals surface area contributed by atoms with Gasteiger partial charge >= 0.3 is 5.97 Å². The van der Waals surface area contributed by atoms with Crippen LogP contribution in [0.15, 0.2) is 24.3 Å². The third kappa shape index (κ3) is 5.43. The van der Waals surface area contributed by atoms with E-state index in [-0.39, 0.29) is 11.9 Å². The predicted octanol–water partition coefficient (Wildman–Crippen LogP) is 1.02. The first-order chi connectivity index (χ1) is 9.97. The third-order valence-corrected chi connectivity index (χ3v) is 3.11. The van der Waals surface area contributed by atoms with E-state index < -0.39 is 12.0 Å². The minimum absolute atomic E-state index is 0.0248. The van der Waals surface area contributed by atoms with Gasteiger partial charge in [0.05, 0.1) is 14.2 Å². The van der Waals surface area contributed by atoms with Crippen LogP contribution in [0.2, 0.25) is 0 Å². The predicted molar refractivity (Wildman–Crippen MR) is 79.0 cm³/mol. The molecule has 6 heteroatoms. The molecule has 1 rings (SSSR count). The number of rotatable bonds is 7. The number of benzene rings is 1. The topological polar surface area (TPSA) is 76.7 Å². The summed E-state index contributed by atoms with van der Waals surface area (Å²) < 4.78 is 9.78. The van der Waals surface area contributed by atoms with Gasteiger partial charge in [-0.2, -0.15) is 0 Å². The molecule has 2 atom stereocenters. The molecular weight excluding hydrogens is 272 g/mol. The number of carbonyl (C=O) groups is 2. The Labute approximate surface area is 124 Å². The SMILES string of the molecule is COC(=O)C(CN[C@H](C)c1ccc(OC)cc1)NC(C)=O. The summed E-state index contributed by atoms with van der Waals surface area (Å²) in [5, 5.41) is 5.76. The molecular formula is C15H22N2O4. The van der Waals surface area contributed by atoms with Gasteiger partial charge in [-0.3, -0.25) is 4.79 Å². The zero-order valence-corrected chi connectivity index (χ0v) is 12.8. The maximum Gasteiger partial charge on any atom is 0.329 e. The fourth-order valence-electron chi connectivity index (χ4n) is 1.89. The maximum absolute atomic E-state index is 11.6. The van der Waals surface area contributed by atoms with Crippen molar-refractivity contribution in [3.8, 4) is 5.75 Å². The normalized spacial score (nSPS) is 13.1. The molecule has 1 unspecified atom stereocenters. The second kappa shape index (κ2) is 8.26. The Balaban J connectivity index is 2.60. The molecule has 0 fully saturated rings. The molecule has 2 N–H and O–H groups in total. The number of esters is 1. The second-order valence-corrected chi connectivity index (χ2v) is 4.68. The lowest BCUT2D eigenvalue weighted by Crippen LogP contribution is -2.47. The molecule has 0 radical (unpaired) electrons. The minimum atomic E-state index is -0.701. The highest BCUT2D eigenvalue weighted by atomic mass is 16.5. The van der Waals surface area contributed by atoms with E-state index in [0.717, 1.165) is 11.3 Å². The lowest BCUT2D eigenvalue weighted by molar-refractivity contribution is -0.144. The summed E-state index contributed by atoms with van der Waals surface area (Å²) in [5.41, 5.74) is 1.06. The summed E-state index contributed by atoms with van der Waals surface area (Å²) in [6.45, 7) is 3.63. The van der Waals surface area contributed by atoms with Crippen LogP contribution in [-0.4, -0.2) is 38.7 Å². The molecule has 0 heterocycles. The fraction of sp³-hybridized carbons (Fsp3) is 0.467. The van der Waals surface area contributed by atoms with Crippen molar-refractivity contribution in [3.63, 3.8) is 0 Å². The lowest BCUT2D eigenvalue weighted by atomic mass is 10.1. The molecule has 0 bridgehead atoms. The standard InChI is InChI=1S/C15H22N2O4/c1-10(12-5-7-13(20-3)8-6-12)16-9-14(15(19)21-4)17-11(2)18/h5-8,10,14,16H,9H2,1-4H3,(H,17,18)/t10-,14?/m1/s1. The van der Waals surface area contributed by atoms with Crippen LogP contribution in [0.25, 0.3) is 0 Å². The zero-order valence-electron chi connectivity index (χ0n) is 12.8. The smallest absolute Gasteiger partial charge is 0.329 e. The molecule has 0 saturated heterocycles. The van der Waals surface area contributed by atoms with Crippen molar-refractivity contribution in [1.29, 1.82) is 0 Å². The average molecular weight is 294 g/mol. The van der Waals surface area contributed by atoms with E-state index in [2.05, 4.69) is 15.4 Å². The summed E-state index contributed by atoms with van der Waals surface area (Å²) >= 11 is 0. The van der Waals surface area contributed by atoms with E-state index in [4.69, 9.17) is 4.74 Å². The molecule has 0 aromatic heterocycles. The third-order valence-electron chi connectivity index (χ3n) is 3.11. The van der Waals surface area contributed by atoms with Gasteiger partial charge in [0.1, 0.15) is 11.8 Å². The number of hydrogen-bond donors (Lipinski definition) is 2. The van der Waals surface area contributed by atoms with Gasteiger partial charge in [0.2, 0.25) is 5.91 Å². The Kier molecular flexibility index (Phi) is 6.68. The quantitative estimate of drug-likeness (QED) is 0.734. The molecule has 0 saturated carbocycles. The van der Waals surface area contributed by atoms with E-state index in [1.165, 1.54) is 14.0 Å². The van der Waals surface area contributed by atoms with Crippen molar-refractivity contribution in [2.45, 2.75) is 25.9 Å². The van der Waals surface area contributed by atoms with E-state index in [9.17, 15) is 9.59 Å². The van der Waals surface area contributed by atoms with E-state index in [1.807, 2.05) is 31.2 Å². The molecule has 0 aliphatic rings. The first-order valence-electron chi connectivity index (χ1n) is 6.70. The highest BCUT2D eigenvalue weighted by Crippen LogP contribution is 2.17. The molecule has 0 aliphatic heterocycles. The largest absolute Gasteiger partial charge is 0.497 e. The van der Waals surface area contributed by atoms with Crippen LogP contribution in [0.1, 0.15) is 25.5 Å².